The third kappa shape index (κ3) is 6.15. The number of rotatable bonds is 8. The van der Waals surface area contributed by atoms with E-state index in [2.05, 4.69) is 25.8 Å². The first-order chi connectivity index (χ1) is 13.0. The number of aryl methyl sites for hydroxylation is 1. The Morgan fingerprint density at radius 1 is 1.22 bits per heavy atom. The van der Waals surface area contributed by atoms with Gasteiger partial charge >= 0.3 is 6.18 Å². The van der Waals surface area contributed by atoms with E-state index >= 15 is 0 Å². The SMILES string of the molecule is CCc1nncn1CCNC(=NC)NCCOc1ccccc1C(F)(F)F. The number of halogens is 3. The van der Waals surface area contributed by atoms with Crippen molar-refractivity contribution >= 4 is 5.96 Å². The van der Waals surface area contributed by atoms with Gasteiger partial charge in [-0.05, 0) is 12.1 Å². The second-order valence-electron chi connectivity index (χ2n) is 5.56. The fraction of sp³-hybridized carbons (Fsp3) is 0.471. The number of benzene rings is 1. The summed E-state index contributed by atoms with van der Waals surface area (Å²) in [6, 6.07) is 5.15. The molecule has 0 fully saturated rings. The molecule has 1 heterocycles. The van der Waals surface area contributed by atoms with Gasteiger partial charge in [-0.2, -0.15) is 13.2 Å². The molecule has 27 heavy (non-hydrogen) atoms. The molecule has 0 aliphatic rings. The lowest BCUT2D eigenvalue weighted by molar-refractivity contribution is -0.138. The predicted octanol–water partition coefficient (Wildman–Crippen LogP) is 2.10. The fourth-order valence-corrected chi connectivity index (χ4v) is 2.41. The molecule has 7 nitrogen and oxygen atoms in total. The van der Waals surface area contributed by atoms with Gasteiger partial charge in [-0.25, -0.2) is 0 Å². The number of aromatic nitrogens is 3. The highest BCUT2D eigenvalue weighted by molar-refractivity contribution is 5.79. The van der Waals surface area contributed by atoms with E-state index < -0.39 is 11.7 Å². The molecule has 10 heteroatoms. The molecule has 1 aromatic heterocycles. The molecule has 148 valence electrons. The van der Waals surface area contributed by atoms with Crippen LogP contribution in [0.15, 0.2) is 35.6 Å². The van der Waals surface area contributed by atoms with Crippen LogP contribution in [0.1, 0.15) is 18.3 Å². The number of ether oxygens (including phenoxy) is 1. The molecule has 0 bridgehead atoms. The van der Waals surface area contributed by atoms with Gasteiger partial charge < -0.3 is 19.9 Å². The Morgan fingerprint density at radius 3 is 2.67 bits per heavy atom. The summed E-state index contributed by atoms with van der Waals surface area (Å²) in [4.78, 5) is 4.07. The minimum atomic E-state index is -4.44. The van der Waals surface area contributed by atoms with Gasteiger partial charge in [0.2, 0.25) is 0 Å². The van der Waals surface area contributed by atoms with Crippen molar-refractivity contribution in [1.29, 1.82) is 0 Å². The second-order valence-corrected chi connectivity index (χ2v) is 5.56. The molecule has 0 radical (unpaired) electrons. The molecule has 0 saturated carbocycles. The zero-order valence-electron chi connectivity index (χ0n) is 15.3. The molecule has 2 N–H and O–H groups in total. The van der Waals surface area contributed by atoms with Crippen LogP contribution in [0.3, 0.4) is 0 Å². The molecule has 0 saturated heterocycles. The van der Waals surface area contributed by atoms with E-state index in [4.69, 9.17) is 4.74 Å². The van der Waals surface area contributed by atoms with Crippen molar-refractivity contribution in [2.75, 3.05) is 26.7 Å². The highest BCUT2D eigenvalue weighted by Gasteiger charge is 2.33. The third-order valence-corrected chi connectivity index (χ3v) is 3.73. The molecule has 0 unspecified atom stereocenters. The minimum Gasteiger partial charge on any atom is -0.491 e. The Morgan fingerprint density at radius 2 is 1.96 bits per heavy atom. The van der Waals surface area contributed by atoms with Crippen LogP contribution in [0.2, 0.25) is 0 Å². The average Bonchev–Trinajstić information content (AvgIpc) is 3.10. The van der Waals surface area contributed by atoms with E-state index in [9.17, 15) is 13.2 Å². The van der Waals surface area contributed by atoms with Gasteiger partial charge in [0.25, 0.3) is 0 Å². The molecule has 0 atom stereocenters. The van der Waals surface area contributed by atoms with E-state index in [1.807, 2.05) is 11.5 Å². The normalized spacial score (nSPS) is 12.1. The number of aliphatic imine (C=N–C) groups is 1. The fourth-order valence-electron chi connectivity index (χ4n) is 2.41. The number of alkyl halides is 3. The van der Waals surface area contributed by atoms with Crippen molar-refractivity contribution < 1.29 is 17.9 Å². The maximum atomic E-state index is 12.9. The number of hydrogen-bond acceptors (Lipinski definition) is 4. The molecule has 2 rings (SSSR count). The summed E-state index contributed by atoms with van der Waals surface area (Å²) in [5, 5.41) is 14.0. The molecule has 1 aromatic carbocycles. The summed E-state index contributed by atoms with van der Waals surface area (Å²) >= 11 is 0. The molecule has 0 amide bonds. The zero-order valence-corrected chi connectivity index (χ0v) is 15.3. The van der Waals surface area contributed by atoms with E-state index in [1.54, 1.807) is 13.4 Å². The van der Waals surface area contributed by atoms with Gasteiger partial charge in [-0.15, -0.1) is 10.2 Å². The van der Waals surface area contributed by atoms with Crippen LogP contribution in [-0.4, -0.2) is 47.5 Å². The molecular weight excluding hydrogens is 361 g/mol. The number of nitrogens with one attached hydrogen (secondary N) is 2. The van der Waals surface area contributed by atoms with Gasteiger partial charge in [-0.1, -0.05) is 19.1 Å². The Kier molecular flexibility index (Phi) is 7.44. The zero-order chi connectivity index (χ0) is 19.7. The summed E-state index contributed by atoms with van der Waals surface area (Å²) in [5.74, 6) is 1.25. The lowest BCUT2D eigenvalue weighted by Crippen LogP contribution is -2.40. The second kappa shape index (κ2) is 9.79. The summed E-state index contributed by atoms with van der Waals surface area (Å²) in [6.45, 7) is 3.65. The first-order valence-electron chi connectivity index (χ1n) is 8.56. The van der Waals surface area contributed by atoms with Gasteiger partial charge in [0.1, 0.15) is 24.5 Å². The van der Waals surface area contributed by atoms with Crippen LogP contribution < -0.4 is 15.4 Å². The van der Waals surface area contributed by atoms with Crippen LogP contribution in [0.5, 0.6) is 5.75 Å². The Hall–Kier alpha value is -2.78. The first kappa shape index (κ1) is 20.5. The van der Waals surface area contributed by atoms with Gasteiger partial charge in [0.05, 0.1) is 12.1 Å². The summed E-state index contributed by atoms with van der Waals surface area (Å²) in [7, 11) is 1.62. The number of hydrogen-bond donors (Lipinski definition) is 2. The standard InChI is InChI=1S/C17H23F3N6O/c1-3-15-25-24-12-26(15)10-8-22-16(21-2)23-9-11-27-14-7-5-4-6-13(14)17(18,19)20/h4-7,12H,3,8-11H2,1-2H3,(H2,21,22,23). The van der Waals surface area contributed by atoms with Gasteiger partial charge in [0.15, 0.2) is 5.96 Å². The average molecular weight is 384 g/mol. The number of para-hydroxylation sites is 1. The maximum Gasteiger partial charge on any atom is 0.419 e. The lowest BCUT2D eigenvalue weighted by atomic mass is 10.2. The van der Waals surface area contributed by atoms with Gasteiger partial charge in [0, 0.05) is 26.6 Å². The van der Waals surface area contributed by atoms with E-state index in [0.717, 1.165) is 18.3 Å². The highest BCUT2D eigenvalue weighted by Crippen LogP contribution is 2.35. The Balaban J connectivity index is 1.74. The lowest BCUT2D eigenvalue weighted by Gasteiger charge is -2.15. The minimum absolute atomic E-state index is 0.0687. The van der Waals surface area contributed by atoms with E-state index in [1.165, 1.54) is 18.2 Å². The van der Waals surface area contributed by atoms with Crippen molar-refractivity contribution in [2.24, 2.45) is 4.99 Å². The first-order valence-corrected chi connectivity index (χ1v) is 8.56. The van der Waals surface area contributed by atoms with Crippen molar-refractivity contribution in [1.82, 2.24) is 25.4 Å². The van der Waals surface area contributed by atoms with E-state index in [0.29, 0.717) is 25.6 Å². The van der Waals surface area contributed by atoms with Crippen molar-refractivity contribution in [3.8, 4) is 5.75 Å². The summed E-state index contributed by atoms with van der Waals surface area (Å²) in [5.41, 5.74) is -0.784. The number of guanidine groups is 1. The summed E-state index contributed by atoms with van der Waals surface area (Å²) in [6.07, 6.45) is -1.98. The maximum absolute atomic E-state index is 12.9. The topological polar surface area (TPSA) is 76.4 Å². The van der Waals surface area contributed by atoms with Crippen LogP contribution in [0.25, 0.3) is 0 Å². The van der Waals surface area contributed by atoms with Crippen LogP contribution in [0, 0.1) is 0 Å². The molecule has 2 aromatic rings. The summed E-state index contributed by atoms with van der Waals surface area (Å²) < 4.78 is 46.0. The van der Waals surface area contributed by atoms with Crippen molar-refractivity contribution in [3.05, 3.63) is 42.0 Å². The van der Waals surface area contributed by atoms with Crippen LogP contribution >= 0.6 is 0 Å². The Bertz CT molecular complexity index is 744. The van der Waals surface area contributed by atoms with Crippen molar-refractivity contribution in [3.63, 3.8) is 0 Å². The largest absolute Gasteiger partial charge is 0.491 e. The monoisotopic (exact) mass is 384 g/mol. The highest BCUT2D eigenvalue weighted by atomic mass is 19.4. The molecular formula is C17H23F3N6O. The van der Waals surface area contributed by atoms with Crippen LogP contribution in [0.4, 0.5) is 13.2 Å². The van der Waals surface area contributed by atoms with Crippen LogP contribution in [-0.2, 0) is 19.1 Å². The van der Waals surface area contributed by atoms with Gasteiger partial charge in [-0.3, -0.25) is 4.99 Å². The third-order valence-electron chi connectivity index (χ3n) is 3.73. The Labute approximate surface area is 155 Å². The molecule has 0 spiro atoms. The molecule has 0 aliphatic heterocycles. The van der Waals surface area contributed by atoms with E-state index in [-0.39, 0.29) is 12.4 Å². The van der Waals surface area contributed by atoms with Crippen molar-refractivity contribution in [2.45, 2.75) is 26.1 Å². The quantitative estimate of drug-likeness (QED) is 0.414. The number of nitrogens with zero attached hydrogens (tertiary/aromatic N) is 4. The molecule has 0 aliphatic carbocycles. The predicted molar refractivity (Wildman–Crippen MR) is 95.7 cm³/mol. The smallest absolute Gasteiger partial charge is 0.419 e.